The molecule has 2 aliphatic rings. The third-order valence-corrected chi connectivity index (χ3v) is 6.29. The summed E-state index contributed by atoms with van der Waals surface area (Å²) in [6.07, 6.45) is -11.8. The second-order valence-corrected chi connectivity index (χ2v) is 9.91. The van der Waals surface area contributed by atoms with Crippen LogP contribution in [0, 0.1) is 0 Å². The monoisotopic (exact) mass is 640 g/mol. The van der Waals surface area contributed by atoms with E-state index in [4.69, 9.17) is 42.6 Å². The van der Waals surface area contributed by atoms with Gasteiger partial charge in [-0.3, -0.25) is 28.8 Å². The molecule has 2 aliphatic heterocycles. The molecule has 16 heteroatoms. The lowest BCUT2D eigenvalue weighted by molar-refractivity contribution is -0.339. The molecule has 0 amide bonds. The Morgan fingerprint density at radius 3 is 1.52 bits per heavy atom. The second-order valence-electron chi connectivity index (χ2n) is 9.01. The van der Waals surface area contributed by atoms with E-state index in [-0.39, 0.29) is 0 Å². The average molecular weight is 641 g/mol. The number of esters is 6. The SMILES string of the molecule is CC(=O)OC[C@H]1O[C@H](O[C@@H]2[C@@H](OC(C)=O)[C@H](C)OC(Br)[C@@H]2OC(C)=O)[C@H](OC(C)=O)[C@@H](OC(C)=O)[C@@H]1OC(C)=O. The van der Waals surface area contributed by atoms with Gasteiger partial charge < -0.3 is 42.6 Å². The van der Waals surface area contributed by atoms with E-state index in [2.05, 4.69) is 15.9 Å². The molecule has 1 unspecified atom stereocenters. The Morgan fingerprint density at radius 1 is 0.575 bits per heavy atom. The van der Waals surface area contributed by atoms with Crippen LogP contribution in [-0.4, -0.2) is 103 Å². The van der Waals surface area contributed by atoms with Gasteiger partial charge in [0.1, 0.15) is 18.8 Å². The molecule has 0 aromatic heterocycles. The Balaban J connectivity index is 2.60. The third kappa shape index (κ3) is 9.38. The first-order valence-electron chi connectivity index (χ1n) is 12.2. The summed E-state index contributed by atoms with van der Waals surface area (Å²) in [5.41, 5.74) is 0. The Labute approximate surface area is 238 Å². The lowest BCUT2D eigenvalue weighted by Gasteiger charge is -2.48. The molecule has 40 heavy (non-hydrogen) atoms. The Morgan fingerprint density at radius 2 is 1.02 bits per heavy atom. The maximum absolute atomic E-state index is 12.1. The van der Waals surface area contributed by atoms with Crippen molar-refractivity contribution in [3.05, 3.63) is 0 Å². The summed E-state index contributed by atoms with van der Waals surface area (Å²) in [5, 5.41) is -0.936. The van der Waals surface area contributed by atoms with Crippen LogP contribution in [-0.2, 0) is 71.4 Å². The van der Waals surface area contributed by atoms with E-state index < -0.39 is 103 Å². The number of carbonyl (C=O) groups is 6. The predicted molar refractivity (Wildman–Crippen MR) is 131 cm³/mol. The van der Waals surface area contributed by atoms with E-state index in [9.17, 15) is 28.8 Å². The molecule has 0 bridgehead atoms. The first-order chi connectivity index (χ1) is 18.6. The van der Waals surface area contributed by atoms with Gasteiger partial charge in [-0.2, -0.15) is 0 Å². The van der Waals surface area contributed by atoms with Crippen LogP contribution < -0.4 is 0 Å². The fraction of sp³-hybridized carbons (Fsp3) is 0.750. The molecular formula is C24H33BrO15. The summed E-state index contributed by atoms with van der Waals surface area (Å²) in [5.74, 6) is -4.59. The molecule has 2 rings (SSSR count). The van der Waals surface area contributed by atoms with Crippen LogP contribution in [0.15, 0.2) is 0 Å². The lowest BCUT2D eigenvalue weighted by atomic mass is 9.96. The molecule has 0 radical (unpaired) electrons. The Kier molecular flexibility index (Phi) is 12.3. The molecule has 0 aromatic rings. The molecule has 0 spiro atoms. The highest BCUT2D eigenvalue weighted by atomic mass is 79.9. The van der Waals surface area contributed by atoms with Crippen LogP contribution in [0.2, 0.25) is 0 Å². The standard InChI is InChI=1S/C24H33BrO15/c1-9-17(34-11(3)27)19(21(23(25)33-9)37-14(6)30)40-24-22(38-15(7)31)20(36-13(5)29)18(35-12(4)28)16(39-24)8-32-10(2)26/h9,16-24H,8H2,1-7H3/t9-,16+,17-,18+,19+,20-,21+,22+,23?,24+/m0/s1. The van der Waals surface area contributed by atoms with Crippen molar-refractivity contribution in [2.45, 2.75) is 109 Å². The zero-order valence-corrected chi connectivity index (χ0v) is 24.6. The number of alkyl halides is 1. The molecule has 0 N–H and O–H groups in total. The second kappa shape index (κ2) is 14.7. The number of halogens is 1. The number of rotatable bonds is 9. The normalized spacial score (nSPS) is 33.6. The van der Waals surface area contributed by atoms with Crippen LogP contribution in [0.3, 0.4) is 0 Å². The molecule has 0 aromatic carbocycles. The lowest BCUT2D eigenvalue weighted by Crippen LogP contribution is -2.66. The summed E-state index contributed by atoms with van der Waals surface area (Å²) >= 11 is 3.28. The highest BCUT2D eigenvalue weighted by molar-refractivity contribution is 9.09. The summed E-state index contributed by atoms with van der Waals surface area (Å²) in [4.78, 5) is 71.5. The molecule has 15 nitrogen and oxygen atoms in total. The summed E-state index contributed by atoms with van der Waals surface area (Å²) in [7, 11) is 0. The minimum atomic E-state index is -1.62. The van der Waals surface area contributed by atoms with E-state index in [0.717, 1.165) is 41.5 Å². The molecule has 2 saturated heterocycles. The smallest absolute Gasteiger partial charge is 0.303 e. The minimum absolute atomic E-state index is 0.482. The van der Waals surface area contributed by atoms with Gasteiger partial charge in [0, 0.05) is 41.5 Å². The van der Waals surface area contributed by atoms with E-state index in [0.29, 0.717) is 0 Å². The quantitative estimate of drug-likeness (QED) is 0.192. The summed E-state index contributed by atoms with van der Waals surface area (Å²) in [6.45, 7) is 7.76. The summed E-state index contributed by atoms with van der Waals surface area (Å²) in [6, 6.07) is 0. The number of hydrogen-bond acceptors (Lipinski definition) is 15. The molecule has 2 fully saturated rings. The van der Waals surface area contributed by atoms with Gasteiger partial charge >= 0.3 is 35.8 Å². The van der Waals surface area contributed by atoms with Crippen LogP contribution in [0.1, 0.15) is 48.5 Å². The van der Waals surface area contributed by atoms with Gasteiger partial charge in [0.25, 0.3) is 0 Å². The van der Waals surface area contributed by atoms with Crippen LogP contribution in [0.25, 0.3) is 0 Å². The van der Waals surface area contributed by atoms with Crippen molar-refractivity contribution in [2.24, 2.45) is 0 Å². The van der Waals surface area contributed by atoms with Gasteiger partial charge in [-0.1, -0.05) is 15.9 Å². The number of ether oxygens (including phenoxy) is 9. The molecule has 2 heterocycles. The summed E-state index contributed by atoms with van der Waals surface area (Å²) < 4.78 is 49.9. The van der Waals surface area contributed by atoms with Gasteiger partial charge in [-0.05, 0) is 6.92 Å². The van der Waals surface area contributed by atoms with Crippen molar-refractivity contribution in [3.8, 4) is 0 Å². The molecular weight excluding hydrogens is 608 g/mol. The largest absolute Gasteiger partial charge is 0.463 e. The fourth-order valence-corrected chi connectivity index (χ4v) is 4.99. The topological polar surface area (TPSA) is 185 Å². The first-order valence-corrected chi connectivity index (χ1v) is 13.1. The van der Waals surface area contributed by atoms with Gasteiger partial charge in [-0.15, -0.1) is 0 Å². The molecule has 226 valence electrons. The van der Waals surface area contributed by atoms with Crippen molar-refractivity contribution in [2.75, 3.05) is 6.61 Å². The predicted octanol–water partition coefficient (Wildman–Crippen LogP) is 0.458. The van der Waals surface area contributed by atoms with E-state index in [1.807, 2.05) is 0 Å². The highest BCUT2D eigenvalue weighted by Gasteiger charge is 2.56. The maximum atomic E-state index is 12.1. The third-order valence-electron chi connectivity index (χ3n) is 5.56. The Hall–Kier alpha value is -2.82. The van der Waals surface area contributed by atoms with Crippen LogP contribution in [0.5, 0.6) is 0 Å². The molecule has 0 saturated carbocycles. The molecule has 10 atom stereocenters. The number of carbonyl (C=O) groups excluding carboxylic acids is 6. The fourth-order valence-electron chi connectivity index (χ4n) is 4.24. The van der Waals surface area contributed by atoms with Gasteiger partial charge in [0.05, 0.1) is 6.10 Å². The van der Waals surface area contributed by atoms with Crippen molar-refractivity contribution in [3.63, 3.8) is 0 Å². The zero-order valence-electron chi connectivity index (χ0n) is 23.0. The highest BCUT2D eigenvalue weighted by Crippen LogP contribution is 2.36. The van der Waals surface area contributed by atoms with Crippen LogP contribution >= 0.6 is 15.9 Å². The Bertz CT molecular complexity index is 942. The van der Waals surface area contributed by atoms with Crippen molar-refractivity contribution in [1.29, 1.82) is 0 Å². The van der Waals surface area contributed by atoms with E-state index in [1.54, 1.807) is 6.92 Å². The number of hydrogen-bond donors (Lipinski definition) is 0. The average Bonchev–Trinajstić information content (AvgIpc) is 2.80. The van der Waals surface area contributed by atoms with E-state index >= 15 is 0 Å². The van der Waals surface area contributed by atoms with Crippen molar-refractivity contribution in [1.82, 2.24) is 0 Å². The molecule has 0 aliphatic carbocycles. The van der Waals surface area contributed by atoms with Gasteiger partial charge in [-0.25, -0.2) is 0 Å². The first kappa shape index (κ1) is 33.4. The minimum Gasteiger partial charge on any atom is -0.463 e. The zero-order chi connectivity index (χ0) is 30.3. The van der Waals surface area contributed by atoms with E-state index in [1.165, 1.54) is 0 Å². The van der Waals surface area contributed by atoms with Gasteiger partial charge in [0.15, 0.2) is 41.8 Å². The maximum Gasteiger partial charge on any atom is 0.303 e. The van der Waals surface area contributed by atoms with Crippen molar-refractivity contribution >= 4 is 51.7 Å². The van der Waals surface area contributed by atoms with Crippen molar-refractivity contribution < 1.29 is 71.4 Å². The van der Waals surface area contributed by atoms with Crippen LogP contribution in [0.4, 0.5) is 0 Å². The van der Waals surface area contributed by atoms with Gasteiger partial charge in [0.2, 0.25) is 0 Å².